The predicted molar refractivity (Wildman–Crippen MR) is 82.0 cm³/mol. The fraction of sp³-hybridized carbons (Fsp3) is 1.00. The van der Waals surface area contributed by atoms with Crippen LogP contribution >= 0.6 is 0 Å². The van der Waals surface area contributed by atoms with Crippen molar-refractivity contribution in [1.29, 1.82) is 0 Å². The molecule has 0 radical (unpaired) electrons. The Morgan fingerprint density at radius 3 is 2.80 bits per heavy atom. The van der Waals surface area contributed by atoms with E-state index in [-0.39, 0.29) is 17.7 Å². The lowest BCUT2D eigenvalue weighted by molar-refractivity contribution is -0.0706. The Hall–Kier alpha value is -0.160. The molecule has 118 valence electrons. The molecule has 4 nitrogen and oxygen atoms in total. The molecule has 0 spiro atoms. The second-order valence-electron chi connectivity index (χ2n) is 6.95. The highest BCUT2D eigenvalue weighted by molar-refractivity contribution is 4.98. The standard InChI is InChI=1S/C16H32N2O2/c1-4-17-16(13-19)9-5-7-14(11-16)18-10-6-8-15(2,12-18)20-3/h14,17,19H,4-13H2,1-3H3. The third-order valence-corrected chi connectivity index (χ3v) is 5.37. The van der Waals surface area contributed by atoms with Gasteiger partial charge in [-0.25, -0.2) is 0 Å². The van der Waals surface area contributed by atoms with E-state index in [4.69, 9.17) is 4.74 Å². The van der Waals surface area contributed by atoms with Crippen molar-refractivity contribution in [1.82, 2.24) is 10.2 Å². The molecule has 1 saturated heterocycles. The van der Waals surface area contributed by atoms with E-state index in [1.165, 1.54) is 25.8 Å². The van der Waals surface area contributed by atoms with Crippen molar-refractivity contribution in [2.75, 3.05) is 33.4 Å². The monoisotopic (exact) mass is 284 g/mol. The lowest BCUT2D eigenvalue weighted by Crippen LogP contribution is -2.58. The molecule has 2 fully saturated rings. The lowest BCUT2D eigenvalue weighted by Gasteiger charge is -2.48. The Labute approximate surface area is 123 Å². The van der Waals surface area contributed by atoms with Gasteiger partial charge >= 0.3 is 0 Å². The Bertz CT molecular complexity index is 309. The average molecular weight is 284 g/mol. The van der Waals surface area contributed by atoms with E-state index in [1.54, 1.807) is 0 Å². The fourth-order valence-corrected chi connectivity index (χ4v) is 4.10. The molecule has 0 aromatic rings. The summed E-state index contributed by atoms with van der Waals surface area (Å²) in [7, 11) is 1.83. The third kappa shape index (κ3) is 3.53. The van der Waals surface area contributed by atoms with Crippen LogP contribution in [0.15, 0.2) is 0 Å². The van der Waals surface area contributed by atoms with Gasteiger partial charge in [-0.1, -0.05) is 6.92 Å². The van der Waals surface area contributed by atoms with Gasteiger partial charge in [-0.2, -0.15) is 0 Å². The van der Waals surface area contributed by atoms with Crippen LogP contribution in [0.3, 0.4) is 0 Å². The second kappa shape index (κ2) is 6.73. The van der Waals surface area contributed by atoms with E-state index in [0.29, 0.717) is 6.04 Å². The number of piperidine rings is 1. The van der Waals surface area contributed by atoms with E-state index in [0.717, 1.165) is 32.4 Å². The van der Waals surface area contributed by atoms with Gasteiger partial charge in [-0.05, 0) is 58.5 Å². The number of rotatable bonds is 5. The summed E-state index contributed by atoms with van der Waals surface area (Å²) in [6.45, 7) is 7.75. The van der Waals surface area contributed by atoms with E-state index in [2.05, 4.69) is 24.1 Å². The topological polar surface area (TPSA) is 44.7 Å². The van der Waals surface area contributed by atoms with Gasteiger partial charge in [-0.15, -0.1) is 0 Å². The molecule has 2 N–H and O–H groups in total. The van der Waals surface area contributed by atoms with Crippen molar-refractivity contribution in [3.63, 3.8) is 0 Å². The van der Waals surface area contributed by atoms with Gasteiger partial charge in [0.1, 0.15) is 0 Å². The summed E-state index contributed by atoms with van der Waals surface area (Å²) in [5.41, 5.74) is -0.0473. The van der Waals surface area contributed by atoms with Crippen LogP contribution in [0, 0.1) is 0 Å². The molecule has 0 bridgehead atoms. The van der Waals surface area contributed by atoms with Crippen molar-refractivity contribution < 1.29 is 9.84 Å². The highest BCUT2D eigenvalue weighted by Gasteiger charge is 2.40. The number of ether oxygens (including phenoxy) is 1. The van der Waals surface area contributed by atoms with Crippen LogP contribution in [0.5, 0.6) is 0 Å². The number of hydrogen-bond acceptors (Lipinski definition) is 4. The molecule has 1 aliphatic heterocycles. The Kier molecular flexibility index (Phi) is 5.46. The average Bonchev–Trinajstić information content (AvgIpc) is 2.48. The van der Waals surface area contributed by atoms with Crippen LogP contribution in [0.1, 0.15) is 52.4 Å². The van der Waals surface area contributed by atoms with Gasteiger partial charge in [0.2, 0.25) is 0 Å². The van der Waals surface area contributed by atoms with Gasteiger partial charge in [0.25, 0.3) is 0 Å². The number of aliphatic hydroxyl groups is 1. The van der Waals surface area contributed by atoms with Gasteiger partial charge in [0.15, 0.2) is 0 Å². The molecule has 1 heterocycles. The molecule has 3 atom stereocenters. The predicted octanol–water partition coefficient (Wildman–Crippen LogP) is 1.77. The summed E-state index contributed by atoms with van der Waals surface area (Å²) in [6, 6.07) is 0.588. The quantitative estimate of drug-likeness (QED) is 0.807. The summed E-state index contributed by atoms with van der Waals surface area (Å²) < 4.78 is 5.72. The molecular weight excluding hydrogens is 252 g/mol. The summed E-state index contributed by atoms with van der Waals surface area (Å²) in [6.07, 6.45) is 7.00. The first kappa shape index (κ1) is 16.2. The van der Waals surface area contributed by atoms with Crippen LogP contribution in [0.4, 0.5) is 0 Å². The number of nitrogens with one attached hydrogen (secondary N) is 1. The first-order valence-electron chi connectivity index (χ1n) is 8.21. The molecule has 0 aromatic carbocycles. The van der Waals surface area contributed by atoms with Crippen LogP contribution in [0.25, 0.3) is 0 Å². The van der Waals surface area contributed by atoms with Crippen LogP contribution in [-0.4, -0.2) is 60.5 Å². The Morgan fingerprint density at radius 1 is 1.35 bits per heavy atom. The largest absolute Gasteiger partial charge is 0.394 e. The molecule has 2 aliphatic rings. The molecule has 3 unspecified atom stereocenters. The number of likely N-dealkylation sites (N-methyl/N-ethyl adjacent to an activating group) is 1. The third-order valence-electron chi connectivity index (χ3n) is 5.37. The Morgan fingerprint density at radius 2 is 2.15 bits per heavy atom. The van der Waals surface area contributed by atoms with E-state index in [9.17, 15) is 5.11 Å². The highest BCUT2D eigenvalue weighted by Crippen LogP contribution is 2.34. The number of aliphatic hydroxyl groups excluding tert-OH is 1. The minimum absolute atomic E-state index is 0.00968. The molecule has 0 amide bonds. The fourth-order valence-electron chi connectivity index (χ4n) is 4.10. The number of methoxy groups -OCH3 is 1. The van der Waals surface area contributed by atoms with Crippen molar-refractivity contribution in [2.45, 2.75) is 69.6 Å². The zero-order valence-electron chi connectivity index (χ0n) is 13.5. The van der Waals surface area contributed by atoms with Crippen molar-refractivity contribution in [3.8, 4) is 0 Å². The van der Waals surface area contributed by atoms with Gasteiger partial charge in [-0.3, -0.25) is 4.90 Å². The minimum atomic E-state index is -0.0570. The number of nitrogens with zero attached hydrogens (tertiary/aromatic N) is 1. The number of likely N-dealkylation sites (tertiary alicyclic amines) is 1. The molecule has 20 heavy (non-hydrogen) atoms. The van der Waals surface area contributed by atoms with Crippen LogP contribution in [-0.2, 0) is 4.74 Å². The van der Waals surface area contributed by atoms with Crippen molar-refractivity contribution in [3.05, 3.63) is 0 Å². The maximum atomic E-state index is 9.83. The second-order valence-corrected chi connectivity index (χ2v) is 6.95. The molecular formula is C16H32N2O2. The first-order valence-corrected chi connectivity index (χ1v) is 8.21. The molecule has 4 heteroatoms. The van der Waals surface area contributed by atoms with Gasteiger partial charge in [0.05, 0.1) is 12.2 Å². The van der Waals surface area contributed by atoms with Crippen LogP contribution in [0.2, 0.25) is 0 Å². The van der Waals surface area contributed by atoms with Crippen molar-refractivity contribution >= 4 is 0 Å². The van der Waals surface area contributed by atoms with E-state index in [1.807, 2.05) is 7.11 Å². The highest BCUT2D eigenvalue weighted by atomic mass is 16.5. The van der Waals surface area contributed by atoms with Gasteiger partial charge < -0.3 is 15.2 Å². The molecule has 0 aromatic heterocycles. The van der Waals surface area contributed by atoms with Gasteiger partial charge in [0, 0.05) is 25.2 Å². The first-order chi connectivity index (χ1) is 9.56. The van der Waals surface area contributed by atoms with E-state index >= 15 is 0 Å². The molecule has 1 saturated carbocycles. The normalized spacial score (nSPS) is 39.9. The summed E-state index contributed by atoms with van der Waals surface area (Å²) in [4.78, 5) is 2.61. The lowest BCUT2D eigenvalue weighted by atomic mass is 9.78. The maximum absolute atomic E-state index is 9.83. The molecule has 1 aliphatic carbocycles. The molecule has 2 rings (SSSR count). The summed E-state index contributed by atoms with van der Waals surface area (Å²) in [5.74, 6) is 0. The minimum Gasteiger partial charge on any atom is -0.394 e. The maximum Gasteiger partial charge on any atom is 0.0777 e. The van der Waals surface area contributed by atoms with E-state index < -0.39 is 0 Å². The summed E-state index contributed by atoms with van der Waals surface area (Å²) >= 11 is 0. The van der Waals surface area contributed by atoms with Crippen LogP contribution < -0.4 is 5.32 Å². The SMILES string of the molecule is CCNC1(CO)CCCC(N2CCCC(C)(OC)C2)C1. The summed E-state index contributed by atoms with van der Waals surface area (Å²) in [5, 5.41) is 13.4. The smallest absolute Gasteiger partial charge is 0.0777 e. The Balaban J connectivity index is 2.01. The zero-order valence-corrected chi connectivity index (χ0v) is 13.5. The van der Waals surface area contributed by atoms with Crippen molar-refractivity contribution in [2.24, 2.45) is 0 Å². The number of hydrogen-bond donors (Lipinski definition) is 2. The zero-order chi connectivity index (χ0) is 14.6.